The van der Waals surface area contributed by atoms with Crippen molar-refractivity contribution >= 4 is 34.7 Å². The van der Waals surface area contributed by atoms with E-state index in [9.17, 15) is 14.9 Å². The highest BCUT2D eigenvalue weighted by Crippen LogP contribution is 2.23. The fourth-order valence-corrected chi connectivity index (χ4v) is 3.32. The van der Waals surface area contributed by atoms with E-state index >= 15 is 0 Å². The fourth-order valence-electron chi connectivity index (χ4n) is 2.35. The van der Waals surface area contributed by atoms with Gasteiger partial charge in [0, 0.05) is 12.1 Å². The van der Waals surface area contributed by atoms with Crippen LogP contribution in [0.1, 0.15) is 16.7 Å². The van der Waals surface area contributed by atoms with Crippen molar-refractivity contribution in [3.05, 3.63) is 75.3 Å². The lowest BCUT2D eigenvalue weighted by atomic mass is 10.1. The van der Waals surface area contributed by atoms with Gasteiger partial charge in [-0.2, -0.15) is 5.10 Å². The number of aryl methyl sites for hydroxylation is 1. The van der Waals surface area contributed by atoms with Crippen molar-refractivity contribution in [2.24, 2.45) is 10.2 Å². The summed E-state index contributed by atoms with van der Waals surface area (Å²) in [7, 11) is 0. The van der Waals surface area contributed by atoms with E-state index < -0.39 is 4.92 Å². The largest absolute Gasteiger partial charge is 0.303 e. The number of nitro benzene ring substituents is 1. The predicted octanol–water partition coefficient (Wildman–Crippen LogP) is 3.07. The molecule has 1 unspecified atom stereocenters. The Bertz CT molecular complexity index is 876. The maximum atomic E-state index is 12.1. The SMILES string of the molecule is Cc1ccc(CC2SC(=NN=Cc3ccc([N+](=O)[O-])cc3)NC2=O)cc1. The number of benzene rings is 2. The van der Waals surface area contributed by atoms with Crippen LogP contribution < -0.4 is 5.32 Å². The van der Waals surface area contributed by atoms with Crippen molar-refractivity contribution in [3.8, 4) is 0 Å². The molecule has 1 amide bonds. The lowest BCUT2D eigenvalue weighted by Gasteiger charge is -2.05. The molecule has 0 saturated carbocycles. The average Bonchev–Trinajstić information content (AvgIpc) is 2.97. The average molecular weight is 368 g/mol. The first-order chi connectivity index (χ1) is 12.5. The quantitative estimate of drug-likeness (QED) is 0.498. The minimum atomic E-state index is -0.458. The van der Waals surface area contributed by atoms with Gasteiger partial charge in [-0.15, -0.1) is 5.10 Å². The molecule has 1 heterocycles. The highest BCUT2D eigenvalue weighted by molar-refractivity contribution is 8.15. The zero-order valence-electron chi connectivity index (χ0n) is 14.0. The van der Waals surface area contributed by atoms with Crippen LogP contribution in [-0.2, 0) is 11.2 Å². The second-order valence-electron chi connectivity index (χ2n) is 5.78. The monoisotopic (exact) mass is 368 g/mol. The second-order valence-corrected chi connectivity index (χ2v) is 6.98. The molecule has 26 heavy (non-hydrogen) atoms. The topological polar surface area (TPSA) is 97.0 Å². The number of carbonyl (C=O) groups excluding carboxylic acids is 1. The Balaban J connectivity index is 1.60. The van der Waals surface area contributed by atoms with E-state index in [1.165, 1.54) is 35.7 Å². The molecule has 0 aliphatic carbocycles. The van der Waals surface area contributed by atoms with Crippen LogP contribution in [0.3, 0.4) is 0 Å². The molecule has 1 saturated heterocycles. The Morgan fingerprint density at radius 1 is 1.19 bits per heavy atom. The molecule has 1 aliphatic rings. The number of carbonyl (C=O) groups is 1. The summed E-state index contributed by atoms with van der Waals surface area (Å²) < 4.78 is 0. The van der Waals surface area contributed by atoms with Crippen LogP contribution in [0, 0.1) is 17.0 Å². The van der Waals surface area contributed by atoms with Crippen molar-refractivity contribution in [3.63, 3.8) is 0 Å². The Morgan fingerprint density at radius 3 is 2.54 bits per heavy atom. The molecule has 2 aromatic rings. The zero-order valence-corrected chi connectivity index (χ0v) is 14.8. The van der Waals surface area contributed by atoms with Gasteiger partial charge in [0.1, 0.15) is 0 Å². The number of nitrogens with zero attached hydrogens (tertiary/aromatic N) is 3. The number of nitrogens with one attached hydrogen (secondary N) is 1. The molecule has 0 aromatic heterocycles. The normalized spacial score (nSPS) is 18.4. The van der Waals surface area contributed by atoms with Gasteiger partial charge in [-0.3, -0.25) is 14.9 Å². The predicted molar refractivity (Wildman–Crippen MR) is 103 cm³/mol. The third kappa shape index (κ3) is 4.54. The molecular weight excluding hydrogens is 352 g/mol. The first-order valence-electron chi connectivity index (χ1n) is 7.90. The highest BCUT2D eigenvalue weighted by Gasteiger charge is 2.30. The molecule has 132 valence electrons. The van der Waals surface area contributed by atoms with Gasteiger partial charge in [0.25, 0.3) is 5.69 Å². The molecule has 0 bridgehead atoms. The molecule has 1 N–H and O–H groups in total. The van der Waals surface area contributed by atoms with Crippen molar-refractivity contribution in [1.29, 1.82) is 0 Å². The summed E-state index contributed by atoms with van der Waals surface area (Å²) in [5, 5.41) is 21.5. The molecule has 3 rings (SSSR count). The van der Waals surface area contributed by atoms with Crippen LogP contribution in [0.15, 0.2) is 58.7 Å². The van der Waals surface area contributed by atoms with E-state index in [0.29, 0.717) is 17.2 Å². The Hall–Kier alpha value is -3.00. The number of hydrogen-bond acceptors (Lipinski definition) is 6. The van der Waals surface area contributed by atoms with Crippen LogP contribution in [0.4, 0.5) is 5.69 Å². The summed E-state index contributed by atoms with van der Waals surface area (Å²) in [5.41, 5.74) is 2.98. The van der Waals surface area contributed by atoms with Gasteiger partial charge in [0.05, 0.1) is 16.4 Å². The Labute approximate surface area is 154 Å². The van der Waals surface area contributed by atoms with Crippen molar-refractivity contribution in [2.45, 2.75) is 18.6 Å². The van der Waals surface area contributed by atoms with Gasteiger partial charge in [-0.25, -0.2) is 0 Å². The van der Waals surface area contributed by atoms with E-state index in [-0.39, 0.29) is 16.8 Å². The summed E-state index contributed by atoms with van der Waals surface area (Å²) in [6.45, 7) is 2.02. The molecule has 1 atom stereocenters. The van der Waals surface area contributed by atoms with Gasteiger partial charge in [-0.1, -0.05) is 41.6 Å². The summed E-state index contributed by atoms with van der Waals surface area (Å²) in [6.07, 6.45) is 2.11. The van der Waals surface area contributed by atoms with Crippen molar-refractivity contribution in [1.82, 2.24) is 5.32 Å². The van der Waals surface area contributed by atoms with Gasteiger partial charge in [-0.05, 0) is 36.6 Å². The Morgan fingerprint density at radius 2 is 1.88 bits per heavy atom. The number of amides is 1. The summed E-state index contributed by atoms with van der Waals surface area (Å²) in [5.74, 6) is -0.0835. The number of hydrogen-bond donors (Lipinski definition) is 1. The number of non-ortho nitro benzene ring substituents is 1. The second kappa shape index (κ2) is 7.92. The fraction of sp³-hybridized carbons (Fsp3) is 0.167. The van der Waals surface area contributed by atoms with Crippen molar-refractivity contribution in [2.75, 3.05) is 0 Å². The van der Waals surface area contributed by atoms with Crippen LogP contribution >= 0.6 is 11.8 Å². The third-order valence-corrected chi connectivity index (χ3v) is 4.85. The Kier molecular flexibility index (Phi) is 5.43. The molecular formula is C18H16N4O3S. The van der Waals surface area contributed by atoms with Crippen molar-refractivity contribution < 1.29 is 9.72 Å². The molecule has 2 aromatic carbocycles. The number of rotatable bonds is 5. The minimum Gasteiger partial charge on any atom is -0.303 e. The summed E-state index contributed by atoms with van der Waals surface area (Å²) in [6, 6.07) is 14.1. The molecule has 0 spiro atoms. The van der Waals surface area contributed by atoms with Gasteiger partial charge in [0.15, 0.2) is 5.17 Å². The summed E-state index contributed by atoms with van der Waals surface area (Å²) in [4.78, 5) is 22.2. The number of amidine groups is 1. The standard InChI is InChI=1S/C18H16N4O3S/c1-12-2-4-13(5-3-12)10-16-17(23)20-18(26-16)21-19-11-14-6-8-15(9-7-14)22(24)25/h2-9,11,16H,10H2,1H3,(H,20,21,23). The molecule has 0 radical (unpaired) electrons. The highest BCUT2D eigenvalue weighted by atomic mass is 32.2. The maximum absolute atomic E-state index is 12.1. The van der Waals surface area contributed by atoms with Gasteiger partial charge >= 0.3 is 0 Å². The lowest BCUT2D eigenvalue weighted by molar-refractivity contribution is -0.384. The molecule has 8 heteroatoms. The lowest BCUT2D eigenvalue weighted by Crippen LogP contribution is -2.25. The first kappa shape index (κ1) is 17.8. The van der Waals surface area contributed by atoms with E-state index in [0.717, 1.165) is 5.56 Å². The smallest absolute Gasteiger partial charge is 0.269 e. The molecule has 7 nitrogen and oxygen atoms in total. The van der Waals surface area contributed by atoms with Gasteiger partial charge in [0.2, 0.25) is 5.91 Å². The van der Waals surface area contributed by atoms with Crippen LogP contribution in [0.25, 0.3) is 0 Å². The van der Waals surface area contributed by atoms with E-state index in [1.807, 2.05) is 31.2 Å². The maximum Gasteiger partial charge on any atom is 0.269 e. The van der Waals surface area contributed by atoms with E-state index in [2.05, 4.69) is 15.5 Å². The van der Waals surface area contributed by atoms with Crippen LogP contribution in [0.5, 0.6) is 0 Å². The summed E-state index contributed by atoms with van der Waals surface area (Å²) >= 11 is 1.35. The molecule has 1 fully saturated rings. The minimum absolute atomic E-state index is 0.0195. The molecule has 1 aliphatic heterocycles. The van der Waals surface area contributed by atoms with E-state index in [4.69, 9.17) is 0 Å². The number of nitro groups is 1. The van der Waals surface area contributed by atoms with Crippen LogP contribution in [-0.4, -0.2) is 27.5 Å². The number of thioether (sulfide) groups is 1. The zero-order chi connectivity index (χ0) is 18.5. The van der Waals surface area contributed by atoms with E-state index in [1.54, 1.807) is 12.1 Å². The van der Waals surface area contributed by atoms with Crippen LogP contribution in [0.2, 0.25) is 0 Å². The first-order valence-corrected chi connectivity index (χ1v) is 8.78. The third-order valence-electron chi connectivity index (χ3n) is 3.78. The van der Waals surface area contributed by atoms with Gasteiger partial charge < -0.3 is 5.32 Å².